The summed E-state index contributed by atoms with van der Waals surface area (Å²) in [4.78, 5) is 34.1. The topological polar surface area (TPSA) is 118 Å². The molecule has 18 heavy (non-hydrogen) atoms. The molecule has 0 aromatic heterocycles. The third-order valence-electron chi connectivity index (χ3n) is 3.35. The van der Waals surface area contributed by atoms with Crippen LogP contribution in [0, 0.1) is 5.92 Å². The quantitative estimate of drug-likeness (QED) is 0.600. The maximum atomic E-state index is 11.6. The van der Waals surface area contributed by atoms with Crippen LogP contribution in [0.5, 0.6) is 0 Å². The standard InChI is InChI=1S/C11H13NO5S/c1-3(13)8(14)4-2-18-10-6(5(4)11(16)17)9(15)7(10)12/h6-8,10,14H,2,12H2,1H3,(H,16,17). The summed E-state index contributed by atoms with van der Waals surface area (Å²) in [6, 6.07) is -0.648. The van der Waals surface area contributed by atoms with Crippen molar-refractivity contribution >= 4 is 29.3 Å². The molecule has 1 saturated carbocycles. The molecule has 0 spiro atoms. The highest BCUT2D eigenvalue weighted by Gasteiger charge is 2.54. The number of aliphatic hydroxyl groups is 1. The van der Waals surface area contributed by atoms with Gasteiger partial charge in [-0.15, -0.1) is 0 Å². The molecule has 0 radical (unpaired) electrons. The molecular weight excluding hydrogens is 258 g/mol. The Morgan fingerprint density at radius 3 is 2.61 bits per heavy atom. The summed E-state index contributed by atoms with van der Waals surface area (Å²) >= 11 is 1.32. The van der Waals surface area contributed by atoms with Gasteiger partial charge in [-0.25, -0.2) is 4.79 Å². The highest BCUT2D eigenvalue weighted by atomic mass is 32.2. The van der Waals surface area contributed by atoms with E-state index in [1.165, 1.54) is 18.7 Å². The van der Waals surface area contributed by atoms with Crippen LogP contribution >= 0.6 is 11.8 Å². The number of thioether (sulfide) groups is 1. The van der Waals surface area contributed by atoms with E-state index in [2.05, 4.69) is 0 Å². The van der Waals surface area contributed by atoms with Crippen LogP contribution in [-0.2, 0) is 14.4 Å². The molecule has 2 aliphatic rings. The van der Waals surface area contributed by atoms with Gasteiger partial charge in [0, 0.05) is 11.0 Å². The van der Waals surface area contributed by atoms with Crippen molar-refractivity contribution in [3.8, 4) is 0 Å². The second kappa shape index (κ2) is 4.49. The van der Waals surface area contributed by atoms with Crippen molar-refractivity contribution in [2.45, 2.75) is 24.3 Å². The lowest BCUT2D eigenvalue weighted by Gasteiger charge is -2.44. The van der Waals surface area contributed by atoms with Crippen molar-refractivity contribution in [2.24, 2.45) is 11.7 Å². The van der Waals surface area contributed by atoms with E-state index in [0.717, 1.165) is 0 Å². The Labute approximate surface area is 107 Å². The molecule has 0 amide bonds. The first kappa shape index (κ1) is 13.3. The zero-order chi connectivity index (χ0) is 13.6. The van der Waals surface area contributed by atoms with E-state index >= 15 is 0 Å². The fourth-order valence-electron chi connectivity index (χ4n) is 2.33. The highest BCUT2D eigenvalue weighted by molar-refractivity contribution is 8.00. The van der Waals surface area contributed by atoms with Crippen molar-refractivity contribution in [1.29, 1.82) is 0 Å². The second-order valence-corrected chi connectivity index (χ2v) is 5.61. The zero-order valence-corrected chi connectivity index (χ0v) is 10.4. The molecule has 1 aliphatic heterocycles. The van der Waals surface area contributed by atoms with Crippen molar-refractivity contribution < 1.29 is 24.6 Å². The number of carboxylic acid groups (broad SMARTS) is 1. The number of carboxylic acids is 1. The summed E-state index contributed by atoms with van der Waals surface area (Å²) < 4.78 is 0. The Bertz CT molecular complexity index is 472. The molecule has 6 nitrogen and oxygen atoms in total. The first-order valence-corrected chi connectivity index (χ1v) is 6.46. The molecule has 98 valence electrons. The Kier molecular flexibility index (Phi) is 3.31. The first-order valence-electron chi connectivity index (χ1n) is 5.42. The van der Waals surface area contributed by atoms with E-state index in [0.29, 0.717) is 0 Å². The monoisotopic (exact) mass is 271 g/mol. The first-order chi connectivity index (χ1) is 8.36. The maximum absolute atomic E-state index is 11.6. The number of rotatable bonds is 3. The number of aliphatic hydroxyl groups excluding tert-OH is 1. The second-order valence-electron chi connectivity index (χ2n) is 4.44. The summed E-state index contributed by atoms with van der Waals surface area (Å²) in [5, 5.41) is 18.6. The molecule has 2 rings (SSSR count). The van der Waals surface area contributed by atoms with Crippen molar-refractivity contribution in [3.05, 3.63) is 11.1 Å². The average molecular weight is 271 g/mol. The molecule has 1 heterocycles. The molecule has 0 aromatic carbocycles. The number of hydrogen-bond acceptors (Lipinski definition) is 6. The minimum Gasteiger partial charge on any atom is -0.478 e. The van der Waals surface area contributed by atoms with Crippen LogP contribution in [0.4, 0.5) is 0 Å². The van der Waals surface area contributed by atoms with Crippen molar-refractivity contribution in [2.75, 3.05) is 5.75 Å². The fourth-order valence-corrected chi connectivity index (χ4v) is 3.82. The third-order valence-corrected chi connectivity index (χ3v) is 4.78. The van der Waals surface area contributed by atoms with Gasteiger partial charge in [0.05, 0.1) is 17.5 Å². The molecule has 7 heteroatoms. The van der Waals surface area contributed by atoms with Crippen molar-refractivity contribution in [1.82, 2.24) is 0 Å². The zero-order valence-electron chi connectivity index (χ0n) is 9.62. The molecule has 4 atom stereocenters. The summed E-state index contributed by atoms with van der Waals surface area (Å²) in [6.07, 6.45) is -1.45. The van der Waals surface area contributed by atoms with Crippen LogP contribution in [0.3, 0.4) is 0 Å². The van der Waals surface area contributed by atoms with E-state index in [-0.39, 0.29) is 27.9 Å². The largest absolute Gasteiger partial charge is 0.478 e. The molecule has 0 bridgehead atoms. The molecule has 0 aromatic rings. The minimum absolute atomic E-state index is 0.126. The normalized spacial score (nSPS) is 32.6. The Morgan fingerprint density at radius 1 is 1.50 bits per heavy atom. The lowest BCUT2D eigenvalue weighted by Crippen LogP contribution is -2.62. The minimum atomic E-state index is -1.45. The fraction of sp³-hybridized carbons (Fsp3) is 0.545. The number of Topliss-reactive ketones (excluding diaryl/α,β-unsaturated/α-hetero) is 2. The van der Waals surface area contributed by atoms with Gasteiger partial charge in [0.2, 0.25) is 0 Å². The number of carbonyl (C=O) groups is 3. The van der Waals surface area contributed by atoms with Gasteiger partial charge in [-0.1, -0.05) is 0 Å². The number of hydrogen-bond donors (Lipinski definition) is 3. The van der Waals surface area contributed by atoms with Crippen LogP contribution in [0.1, 0.15) is 6.92 Å². The van der Waals surface area contributed by atoms with Gasteiger partial charge in [-0.05, 0) is 12.5 Å². The highest BCUT2D eigenvalue weighted by Crippen LogP contribution is 2.45. The summed E-state index contributed by atoms with van der Waals surface area (Å²) in [5.41, 5.74) is 5.59. The van der Waals surface area contributed by atoms with Gasteiger partial charge in [0.1, 0.15) is 6.10 Å². The van der Waals surface area contributed by atoms with Crippen molar-refractivity contribution in [3.63, 3.8) is 0 Å². The lowest BCUT2D eigenvalue weighted by molar-refractivity contribution is -0.138. The molecule has 4 unspecified atom stereocenters. The van der Waals surface area contributed by atoms with Crippen LogP contribution < -0.4 is 5.73 Å². The number of fused-ring (bicyclic) bond motifs is 1. The average Bonchev–Trinajstić information content (AvgIpc) is 2.34. The van der Waals surface area contributed by atoms with E-state index in [9.17, 15) is 24.6 Å². The van der Waals surface area contributed by atoms with Gasteiger partial charge in [0.25, 0.3) is 0 Å². The van der Waals surface area contributed by atoms with Crippen LogP contribution in [0.2, 0.25) is 0 Å². The van der Waals surface area contributed by atoms with Crippen LogP contribution in [0.25, 0.3) is 0 Å². The maximum Gasteiger partial charge on any atom is 0.332 e. The lowest BCUT2D eigenvalue weighted by atomic mass is 9.71. The van der Waals surface area contributed by atoms with Gasteiger partial charge in [-0.2, -0.15) is 11.8 Å². The van der Waals surface area contributed by atoms with E-state index < -0.39 is 29.8 Å². The smallest absolute Gasteiger partial charge is 0.332 e. The number of carbonyl (C=O) groups excluding carboxylic acids is 2. The van der Waals surface area contributed by atoms with Crippen LogP contribution in [-0.4, -0.2) is 50.9 Å². The van der Waals surface area contributed by atoms with E-state index in [1.54, 1.807) is 0 Å². The number of ketones is 2. The summed E-state index contributed by atoms with van der Waals surface area (Å²) in [6.45, 7) is 1.18. The van der Waals surface area contributed by atoms with Crippen LogP contribution in [0.15, 0.2) is 11.1 Å². The summed E-state index contributed by atoms with van der Waals surface area (Å²) in [7, 11) is 0. The number of aliphatic carboxylic acids is 1. The molecule has 4 N–H and O–H groups in total. The number of nitrogens with two attached hydrogens (primary N) is 1. The Hall–Kier alpha value is -1.18. The molecule has 1 fully saturated rings. The predicted octanol–water partition coefficient (Wildman–Crippen LogP) is -1.04. The third kappa shape index (κ3) is 1.79. The molecule has 1 aliphatic carbocycles. The van der Waals surface area contributed by atoms with Gasteiger partial charge in [-0.3, -0.25) is 9.59 Å². The Balaban J connectivity index is 2.44. The van der Waals surface area contributed by atoms with Gasteiger partial charge in [0.15, 0.2) is 11.6 Å². The molecular formula is C11H13NO5S. The predicted molar refractivity (Wildman–Crippen MR) is 64.1 cm³/mol. The summed E-state index contributed by atoms with van der Waals surface area (Å²) in [5.74, 6) is -2.71. The van der Waals surface area contributed by atoms with Gasteiger partial charge >= 0.3 is 5.97 Å². The SMILES string of the molecule is CC(=O)C(O)C1=C(C(=O)O)C2C(=O)C(N)C2SC1. The van der Waals surface area contributed by atoms with Gasteiger partial charge < -0.3 is 15.9 Å². The molecule has 0 saturated heterocycles. The van der Waals surface area contributed by atoms with E-state index in [1.807, 2.05) is 0 Å². The van der Waals surface area contributed by atoms with E-state index in [4.69, 9.17) is 5.73 Å². The Morgan fingerprint density at radius 2 is 2.11 bits per heavy atom.